The van der Waals surface area contributed by atoms with Gasteiger partial charge in [-0.25, -0.2) is 4.98 Å². The first-order chi connectivity index (χ1) is 10.6. The van der Waals surface area contributed by atoms with E-state index in [4.69, 9.17) is 0 Å². The van der Waals surface area contributed by atoms with E-state index in [1.54, 1.807) is 0 Å². The first-order valence-electron chi connectivity index (χ1n) is 7.95. The van der Waals surface area contributed by atoms with Gasteiger partial charge in [-0.2, -0.15) is 0 Å². The molecule has 1 fully saturated rings. The molecular formula is C18H23N3O. The van der Waals surface area contributed by atoms with Gasteiger partial charge in [0, 0.05) is 37.6 Å². The second kappa shape index (κ2) is 6.34. The number of nitrogens with zero attached hydrogens (tertiary/aromatic N) is 3. The van der Waals surface area contributed by atoms with Crippen molar-refractivity contribution in [3.63, 3.8) is 0 Å². The minimum Gasteiger partial charge on any atom is -0.339 e. The number of carbonyl (C=O) groups is 1. The van der Waals surface area contributed by atoms with E-state index in [0.29, 0.717) is 5.92 Å². The maximum atomic E-state index is 12.6. The lowest BCUT2D eigenvalue weighted by Crippen LogP contribution is -2.39. The molecule has 1 aliphatic heterocycles. The predicted octanol–water partition coefficient (Wildman–Crippen LogP) is 3.05. The Morgan fingerprint density at radius 3 is 2.45 bits per heavy atom. The van der Waals surface area contributed by atoms with Crippen molar-refractivity contribution < 1.29 is 4.79 Å². The maximum absolute atomic E-state index is 12.6. The van der Waals surface area contributed by atoms with Crippen molar-refractivity contribution in [3.8, 4) is 0 Å². The average Bonchev–Trinajstić information content (AvgIpc) is 2.99. The standard InChI is InChI=1S/C18H23N3O/c1-14-9-15(2)11-17(10-14)18(22)21-6-3-16(4-7-21)12-20-8-5-19-13-20/h5,8-11,13,16H,3-4,6-7,12H2,1-2H3. The lowest BCUT2D eigenvalue weighted by molar-refractivity contribution is 0.0682. The molecule has 2 heterocycles. The molecule has 0 atom stereocenters. The van der Waals surface area contributed by atoms with Crippen LogP contribution in [0.2, 0.25) is 0 Å². The Labute approximate surface area is 131 Å². The number of hydrogen-bond acceptors (Lipinski definition) is 2. The van der Waals surface area contributed by atoms with Crippen molar-refractivity contribution in [3.05, 3.63) is 53.6 Å². The normalized spacial score (nSPS) is 16.0. The quantitative estimate of drug-likeness (QED) is 0.873. The summed E-state index contributed by atoms with van der Waals surface area (Å²) >= 11 is 0. The fourth-order valence-corrected chi connectivity index (χ4v) is 3.29. The molecule has 116 valence electrons. The summed E-state index contributed by atoms with van der Waals surface area (Å²) in [6, 6.07) is 6.09. The summed E-state index contributed by atoms with van der Waals surface area (Å²) in [4.78, 5) is 18.7. The number of likely N-dealkylation sites (tertiary alicyclic amines) is 1. The second-order valence-electron chi connectivity index (χ2n) is 6.37. The lowest BCUT2D eigenvalue weighted by Gasteiger charge is -2.32. The van der Waals surface area contributed by atoms with Crippen molar-refractivity contribution in [2.45, 2.75) is 33.2 Å². The number of imidazole rings is 1. The van der Waals surface area contributed by atoms with E-state index in [2.05, 4.69) is 15.6 Å². The van der Waals surface area contributed by atoms with Gasteiger partial charge in [0.05, 0.1) is 6.33 Å². The zero-order chi connectivity index (χ0) is 15.5. The first kappa shape index (κ1) is 14.8. The van der Waals surface area contributed by atoms with E-state index >= 15 is 0 Å². The van der Waals surface area contributed by atoms with Gasteiger partial charge >= 0.3 is 0 Å². The summed E-state index contributed by atoms with van der Waals surface area (Å²) in [5, 5.41) is 0. The molecule has 1 aromatic carbocycles. The molecule has 2 aromatic rings. The smallest absolute Gasteiger partial charge is 0.253 e. The molecule has 4 heteroatoms. The van der Waals surface area contributed by atoms with Crippen LogP contribution in [0.25, 0.3) is 0 Å². The maximum Gasteiger partial charge on any atom is 0.253 e. The molecule has 3 rings (SSSR count). The SMILES string of the molecule is Cc1cc(C)cc(C(=O)N2CCC(Cn3ccnc3)CC2)c1. The molecule has 1 saturated heterocycles. The Bertz CT molecular complexity index is 620. The Morgan fingerprint density at radius 1 is 1.18 bits per heavy atom. The number of aromatic nitrogens is 2. The van der Waals surface area contributed by atoms with Crippen molar-refractivity contribution >= 4 is 5.91 Å². The number of aryl methyl sites for hydroxylation is 2. The van der Waals surface area contributed by atoms with E-state index in [1.165, 1.54) is 0 Å². The molecule has 4 nitrogen and oxygen atoms in total. The third-order valence-electron chi connectivity index (χ3n) is 4.40. The van der Waals surface area contributed by atoms with Gasteiger partial charge in [-0.05, 0) is 44.7 Å². The van der Waals surface area contributed by atoms with Gasteiger partial charge in [-0.15, -0.1) is 0 Å². The number of hydrogen-bond donors (Lipinski definition) is 0. The van der Waals surface area contributed by atoms with Gasteiger partial charge < -0.3 is 9.47 Å². The summed E-state index contributed by atoms with van der Waals surface area (Å²) in [6.45, 7) is 6.80. The summed E-state index contributed by atoms with van der Waals surface area (Å²) in [5.74, 6) is 0.811. The molecule has 22 heavy (non-hydrogen) atoms. The van der Waals surface area contributed by atoms with Gasteiger partial charge in [0.1, 0.15) is 0 Å². The highest BCUT2D eigenvalue weighted by atomic mass is 16.2. The van der Waals surface area contributed by atoms with Crippen molar-refractivity contribution in [1.29, 1.82) is 0 Å². The molecule has 0 spiro atoms. The minimum atomic E-state index is 0.174. The monoisotopic (exact) mass is 297 g/mol. The zero-order valence-corrected chi connectivity index (χ0v) is 13.3. The summed E-state index contributed by atoms with van der Waals surface area (Å²) in [5.41, 5.74) is 3.13. The highest BCUT2D eigenvalue weighted by molar-refractivity contribution is 5.94. The van der Waals surface area contributed by atoms with Gasteiger partial charge in [-0.3, -0.25) is 4.79 Å². The molecule has 0 aliphatic carbocycles. The number of rotatable bonds is 3. The highest BCUT2D eigenvalue weighted by Gasteiger charge is 2.24. The minimum absolute atomic E-state index is 0.174. The summed E-state index contributed by atoms with van der Waals surface area (Å²) in [6.07, 6.45) is 7.82. The van der Waals surface area contributed by atoms with E-state index in [1.807, 2.05) is 49.6 Å². The number of benzene rings is 1. The van der Waals surface area contributed by atoms with Crippen LogP contribution in [-0.2, 0) is 6.54 Å². The Morgan fingerprint density at radius 2 is 1.86 bits per heavy atom. The molecule has 1 aromatic heterocycles. The fourth-order valence-electron chi connectivity index (χ4n) is 3.29. The second-order valence-corrected chi connectivity index (χ2v) is 6.37. The van der Waals surface area contributed by atoms with Crippen LogP contribution in [0.4, 0.5) is 0 Å². The molecule has 0 saturated carbocycles. The van der Waals surface area contributed by atoms with Crippen LogP contribution in [0.15, 0.2) is 36.9 Å². The molecule has 0 N–H and O–H groups in total. The lowest BCUT2D eigenvalue weighted by atomic mass is 9.96. The number of piperidine rings is 1. The van der Waals surface area contributed by atoms with Crippen molar-refractivity contribution in [2.75, 3.05) is 13.1 Å². The van der Waals surface area contributed by atoms with E-state index in [0.717, 1.165) is 49.2 Å². The third kappa shape index (κ3) is 3.38. The van der Waals surface area contributed by atoms with E-state index < -0.39 is 0 Å². The van der Waals surface area contributed by atoms with E-state index in [9.17, 15) is 4.79 Å². The molecular weight excluding hydrogens is 274 g/mol. The molecule has 0 unspecified atom stereocenters. The average molecular weight is 297 g/mol. The van der Waals surface area contributed by atoms with Crippen molar-refractivity contribution in [1.82, 2.24) is 14.5 Å². The molecule has 0 radical (unpaired) electrons. The summed E-state index contributed by atoms with van der Waals surface area (Å²) < 4.78 is 2.13. The van der Waals surface area contributed by atoms with Crippen LogP contribution in [0.5, 0.6) is 0 Å². The number of carbonyl (C=O) groups excluding carboxylic acids is 1. The Balaban J connectivity index is 1.59. The largest absolute Gasteiger partial charge is 0.339 e. The van der Waals surface area contributed by atoms with Gasteiger partial charge in [-0.1, -0.05) is 17.2 Å². The zero-order valence-electron chi connectivity index (χ0n) is 13.3. The molecule has 1 aliphatic rings. The summed E-state index contributed by atoms with van der Waals surface area (Å²) in [7, 11) is 0. The van der Waals surface area contributed by atoms with Crippen LogP contribution in [0.1, 0.15) is 34.3 Å². The Kier molecular flexibility index (Phi) is 4.27. The third-order valence-corrected chi connectivity index (χ3v) is 4.40. The van der Waals surface area contributed by atoms with Crippen LogP contribution >= 0.6 is 0 Å². The van der Waals surface area contributed by atoms with Crippen molar-refractivity contribution in [2.24, 2.45) is 5.92 Å². The first-order valence-corrected chi connectivity index (χ1v) is 7.95. The Hall–Kier alpha value is -2.10. The number of amides is 1. The molecule has 0 bridgehead atoms. The van der Waals surface area contributed by atoms with Crippen LogP contribution in [0, 0.1) is 19.8 Å². The topological polar surface area (TPSA) is 38.1 Å². The van der Waals surface area contributed by atoms with Gasteiger partial charge in [0.15, 0.2) is 0 Å². The van der Waals surface area contributed by atoms with Crippen LogP contribution in [0.3, 0.4) is 0 Å². The highest BCUT2D eigenvalue weighted by Crippen LogP contribution is 2.21. The van der Waals surface area contributed by atoms with E-state index in [-0.39, 0.29) is 5.91 Å². The molecule has 1 amide bonds. The van der Waals surface area contributed by atoms with Crippen LogP contribution < -0.4 is 0 Å². The van der Waals surface area contributed by atoms with Gasteiger partial charge in [0.25, 0.3) is 5.91 Å². The van der Waals surface area contributed by atoms with Crippen LogP contribution in [-0.4, -0.2) is 33.4 Å². The predicted molar refractivity (Wildman–Crippen MR) is 86.8 cm³/mol. The fraction of sp³-hybridized carbons (Fsp3) is 0.444. The van der Waals surface area contributed by atoms with Gasteiger partial charge in [0.2, 0.25) is 0 Å².